The number of sulfonamides is 1. The number of nitrogens with zero attached hydrogens (tertiary/aromatic N) is 1. The first-order valence-corrected chi connectivity index (χ1v) is 9.38. The van der Waals surface area contributed by atoms with Crippen LogP contribution < -0.4 is 5.32 Å². The molecule has 0 aliphatic heterocycles. The van der Waals surface area contributed by atoms with Crippen LogP contribution in [-0.2, 0) is 21.4 Å². The number of carbonyl (C=O) groups excluding carboxylic acids is 1. The molecule has 0 aliphatic carbocycles. The lowest BCUT2D eigenvalue weighted by Gasteiger charge is -2.21. The second-order valence-electron chi connectivity index (χ2n) is 5.63. The zero-order chi connectivity index (χ0) is 16.8. The second kappa shape index (κ2) is 8.50. The average molecular weight is 347 g/mol. The van der Waals surface area contributed by atoms with Crippen LogP contribution in [0.5, 0.6) is 0 Å². The van der Waals surface area contributed by atoms with E-state index in [1.165, 1.54) is 4.31 Å². The van der Waals surface area contributed by atoms with Crippen molar-refractivity contribution in [2.45, 2.75) is 26.8 Å². The molecule has 124 valence electrons. The van der Waals surface area contributed by atoms with Gasteiger partial charge in [0.15, 0.2) is 0 Å². The number of hydrogen-bond donors (Lipinski definition) is 1. The Morgan fingerprint density at radius 1 is 1.32 bits per heavy atom. The fourth-order valence-electron chi connectivity index (χ4n) is 1.95. The van der Waals surface area contributed by atoms with Crippen LogP contribution in [0.2, 0.25) is 5.02 Å². The van der Waals surface area contributed by atoms with Crippen molar-refractivity contribution >= 4 is 27.5 Å². The van der Waals surface area contributed by atoms with E-state index in [9.17, 15) is 13.2 Å². The maximum atomic E-state index is 11.9. The maximum absolute atomic E-state index is 11.9. The van der Waals surface area contributed by atoms with Crippen molar-refractivity contribution in [2.24, 2.45) is 5.92 Å². The van der Waals surface area contributed by atoms with Gasteiger partial charge in [0.25, 0.3) is 0 Å². The molecule has 0 unspecified atom stereocenters. The van der Waals surface area contributed by atoms with Crippen molar-refractivity contribution in [3.8, 4) is 0 Å². The van der Waals surface area contributed by atoms with Gasteiger partial charge in [0.05, 0.1) is 6.26 Å². The van der Waals surface area contributed by atoms with Crippen molar-refractivity contribution in [3.05, 3.63) is 34.9 Å². The smallest absolute Gasteiger partial charge is 0.221 e. The topological polar surface area (TPSA) is 66.5 Å². The zero-order valence-electron chi connectivity index (χ0n) is 13.2. The van der Waals surface area contributed by atoms with E-state index in [1.54, 1.807) is 6.07 Å². The first-order chi connectivity index (χ1) is 10.2. The Labute approximate surface area is 137 Å². The number of halogens is 1. The highest BCUT2D eigenvalue weighted by atomic mass is 35.5. The molecule has 1 rings (SSSR count). The maximum Gasteiger partial charge on any atom is 0.221 e. The predicted octanol–water partition coefficient (Wildman–Crippen LogP) is 2.26. The summed E-state index contributed by atoms with van der Waals surface area (Å²) in [6.07, 6.45) is 1.29. The monoisotopic (exact) mass is 346 g/mol. The van der Waals surface area contributed by atoms with Crippen LogP contribution in [0.25, 0.3) is 0 Å². The molecule has 1 amide bonds. The van der Waals surface area contributed by atoms with Gasteiger partial charge in [0, 0.05) is 31.1 Å². The molecular weight excluding hydrogens is 324 g/mol. The third kappa shape index (κ3) is 6.77. The molecule has 7 heteroatoms. The Morgan fingerprint density at radius 3 is 2.50 bits per heavy atom. The van der Waals surface area contributed by atoms with Crippen LogP contribution in [-0.4, -0.2) is 38.0 Å². The highest BCUT2D eigenvalue weighted by Gasteiger charge is 2.18. The summed E-state index contributed by atoms with van der Waals surface area (Å²) < 4.78 is 24.7. The molecule has 0 saturated carbocycles. The number of hydrogen-bond acceptors (Lipinski definition) is 3. The SMILES string of the molecule is CC(C)CN(CCC(=O)NCc1ccccc1Cl)S(C)(=O)=O. The van der Waals surface area contributed by atoms with E-state index in [1.807, 2.05) is 32.0 Å². The van der Waals surface area contributed by atoms with E-state index in [0.29, 0.717) is 18.1 Å². The Bertz CT molecular complexity index is 603. The molecule has 1 aromatic rings. The van der Waals surface area contributed by atoms with Crippen molar-refractivity contribution in [3.63, 3.8) is 0 Å². The van der Waals surface area contributed by atoms with Crippen LogP contribution in [0.1, 0.15) is 25.8 Å². The summed E-state index contributed by atoms with van der Waals surface area (Å²) in [7, 11) is -3.30. The third-order valence-electron chi connectivity index (χ3n) is 3.06. The van der Waals surface area contributed by atoms with Gasteiger partial charge in [-0.1, -0.05) is 43.6 Å². The number of carbonyl (C=O) groups is 1. The van der Waals surface area contributed by atoms with Crippen molar-refractivity contribution in [2.75, 3.05) is 19.3 Å². The number of amides is 1. The highest BCUT2D eigenvalue weighted by molar-refractivity contribution is 7.88. The van der Waals surface area contributed by atoms with Crippen molar-refractivity contribution in [1.29, 1.82) is 0 Å². The van der Waals surface area contributed by atoms with E-state index < -0.39 is 10.0 Å². The molecule has 0 spiro atoms. The summed E-state index contributed by atoms with van der Waals surface area (Å²) in [4.78, 5) is 11.9. The van der Waals surface area contributed by atoms with Crippen LogP contribution in [0.15, 0.2) is 24.3 Å². The lowest BCUT2D eigenvalue weighted by atomic mass is 10.2. The molecule has 0 fully saturated rings. The number of benzene rings is 1. The summed E-state index contributed by atoms with van der Waals surface area (Å²) in [5.74, 6) is 0.0123. The molecule has 0 aromatic heterocycles. The van der Waals surface area contributed by atoms with Crippen LogP contribution in [0, 0.1) is 5.92 Å². The summed E-state index contributed by atoms with van der Waals surface area (Å²) in [6, 6.07) is 7.27. The Kier molecular flexibility index (Phi) is 7.32. The van der Waals surface area contributed by atoms with Gasteiger partial charge in [-0.3, -0.25) is 4.79 Å². The van der Waals surface area contributed by atoms with E-state index >= 15 is 0 Å². The zero-order valence-corrected chi connectivity index (χ0v) is 14.7. The van der Waals surface area contributed by atoms with E-state index in [2.05, 4.69) is 5.32 Å². The van der Waals surface area contributed by atoms with Crippen LogP contribution in [0.3, 0.4) is 0 Å². The first kappa shape index (κ1) is 18.9. The summed E-state index contributed by atoms with van der Waals surface area (Å²) in [5, 5.41) is 3.35. The van der Waals surface area contributed by atoms with Crippen LogP contribution in [0.4, 0.5) is 0 Å². The second-order valence-corrected chi connectivity index (χ2v) is 8.02. The van der Waals surface area contributed by atoms with Gasteiger partial charge in [0.2, 0.25) is 15.9 Å². The molecule has 0 radical (unpaired) electrons. The standard InChI is InChI=1S/C15H23ClN2O3S/c1-12(2)11-18(22(3,20)21)9-8-15(19)17-10-13-6-4-5-7-14(13)16/h4-7,12H,8-11H2,1-3H3,(H,17,19). The molecule has 0 aliphatic rings. The minimum absolute atomic E-state index is 0.129. The van der Waals surface area contributed by atoms with Gasteiger partial charge < -0.3 is 5.32 Å². The summed E-state index contributed by atoms with van der Waals surface area (Å²) in [5.41, 5.74) is 0.833. The average Bonchev–Trinajstić information content (AvgIpc) is 2.41. The fraction of sp³-hybridized carbons (Fsp3) is 0.533. The fourth-order valence-corrected chi connectivity index (χ4v) is 3.14. The van der Waals surface area contributed by atoms with Crippen LogP contribution >= 0.6 is 11.6 Å². The van der Waals surface area contributed by atoms with Gasteiger partial charge in [0.1, 0.15) is 0 Å². The highest BCUT2D eigenvalue weighted by Crippen LogP contribution is 2.14. The molecule has 1 aromatic carbocycles. The summed E-state index contributed by atoms with van der Waals surface area (Å²) in [6.45, 7) is 4.81. The third-order valence-corrected chi connectivity index (χ3v) is 4.70. The van der Waals surface area contributed by atoms with E-state index in [0.717, 1.165) is 11.8 Å². The molecule has 0 atom stereocenters. The molecule has 0 bridgehead atoms. The molecule has 0 heterocycles. The number of nitrogens with one attached hydrogen (secondary N) is 1. The lowest BCUT2D eigenvalue weighted by molar-refractivity contribution is -0.121. The van der Waals surface area contributed by atoms with Gasteiger partial charge in [-0.2, -0.15) is 0 Å². The normalized spacial score (nSPS) is 11.9. The molecule has 5 nitrogen and oxygen atoms in total. The van der Waals surface area contributed by atoms with Crippen molar-refractivity contribution in [1.82, 2.24) is 9.62 Å². The Hall–Kier alpha value is -1.11. The summed E-state index contributed by atoms with van der Waals surface area (Å²) >= 11 is 6.01. The molecule has 22 heavy (non-hydrogen) atoms. The van der Waals surface area contributed by atoms with Gasteiger partial charge >= 0.3 is 0 Å². The largest absolute Gasteiger partial charge is 0.352 e. The van der Waals surface area contributed by atoms with E-state index in [-0.39, 0.29) is 24.8 Å². The molecule has 1 N–H and O–H groups in total. The van der Waals surface area contributed by atoms with Gasteiger partial charge in [-0.25, -0.2) is 12.7 Å². The minimum atomic E-state index is -3.30. The van der Waals surface area contributed by atoms with Crippen molar-refractivity contribution < 1.29 is 13.2 Å². The lowest BCUT2D eigenvalue weighted by Crippen LogP contribution is -2.36. The minimum Gasteiger partial charge on any atom is -0.352 e. The van der Waals surface area contributed by atoms with Gasteiger partial charge in [-0.05, 0) is 17.5 Å². The van der Waals surface area contributed by atoms with Gasteiger partial charge in [-0.15, -0.1) is 0 Å². The molecular formula is C15H23ClN2O3S. The first-order valence-electron chi connectivity index (χ1n) is 7.15. The predicted molar refractivity (Wildman–Crippen MR) is 89.2 cm³/mol. The van der Waals surface area contributed by atoms with E-state index in [4.69, 9.17) is 11.6 Å². The Morgan fingerprint density at radius 2 is 1.95 bits per heavy atom. The quantitative estimate of drug-likeness (QED) is 0.785. The molecule has 0 saturated heterocycles. The number of rotatable bonds is 8. The Balaban J connectivity index is 2.49.